The highest BCUT2D eigenvalue weighted by Gasteiger charge is 2.18. The average molecular weight is 299 g/mol. The van der Waals surface area contributed by atoms with E-state index in [2.05, 4.69) is 15.9 Å². The van der Waals surface area contributed by atoms with Crippen LogP contribution < -0.4 is 4.74 Å². The van der Waals surface area contributed by atoms with Gasteiger partial charge in [-0.2, -0.15) is 0 Å². The zero-order chi connectivity index (χ0) is 12.3. The summed E-state index contributed by atoms with van der Waals surface area (Å²) < 4.78 is 6.14. The molecule has 3 nitrogen and oxygen atoms in total. The number of benzene rings is 1. The van der Waals surface area contributed by atoms with Gasteiger partial charge >= 0.3 is 5.97 Å². The Kier molecular flexibility index (Phi) is 4.05. The molecule has 0 heterocycles. The Morgan fingerprint density at radius 2 is 2.24 bits per heavy atom. The molecule has 17 heavy (non-hydrogen) atoms. The standard InChI is InChI=1S/C13H15BrO3/c14-10-5-2-6-11(12(10)13(15)16)17-8-7-9-3-1-4-9/h2,5-6,9H,1,3-4,7-8H2,(H,15,16). The number of hydrogen-bond donors (Lipinski definition) is 1. The van der Waals surface area contributed by atoms with Crippen molar-refractivity contribution in [1.29, 1.82) is 0 Å². The van der Waals surface area contributed by atoms with Crippen LogP contribution in [0.4, 0.5) is 0 Å². The monoisotopic (exact) mass is 298 g/mol. The van der Waals surface area contributed by atoms with Crippen LogP contribution in [-0.4, -0.2) is 17.7 Å². The maximum absolute atomic E-state index is 11.1. The maximum Gasteiger partial charge on any atom is 0.340 e. The topological polar surface area (TPSA) is 46.5 Å². The molecule has 0 spiro atoms. The Bertz CT molecular complexity index is 413. The van der Waals surface area contributed by atoms with Crippen LogP contribution in [0.3, 0.4) is 0 Å². The second-order valence-electron chi connectivity index (χ2n) is 4.35. The van der Waals surface area contributed by atoms with E-state index in [1.54, 1.807) is 18.2 Å². The van der Waals surface area contributed by atoms with Crippen LogP contribution >= 0.6 is 15.9 Å². The number of carboxylic acid groups (broad SMARTS) is 1. The van der Waals surface area contributed by atoms with Gasteiger partial charge in [0.2, 0.25) is 0 Å². The molecule has 4 heteroatoms. The first-order valence-electron chi connectivity index (χ1n) is 5.83. The SMILES string of the molecule is O=C(O)c1c(Br)cccc1OCCC1CCC1. The molecule has 0 unspecified atom stereocenters. The van der Waals surface area contributed by atoms with Gasteiger partial charge in [-0.05, 0) is 40.4 Å². The molecule has 0 aliphatic heterocycles. The lowest BCUT2D eigenvalue weighted by Crippen LogP contribution is -2.15. The summed E-state index contributed by atoms with van der Waals surface area (Å²) in [4.78, 5) is 11.1. The zero-order valence-electron chi connectivity index (χ0n) is 9.49. The van der Waals surface area contributed by atoms with Crippen LogP contribution in [0.1, 0.15) is 36.0 Å². The third-order valence-electron chi connectivity index (χ3n) is 3.20. The van der Waals surface area contributed by atoms with Crippen molar-refractivity contribution in [3.63, 3.8) is 0 Å². The number of carbonyl (C=O) groups is 1. The first-order valence-corrected chi connectivity index (χ1v) is 6.62. The van der Waals surface area contributed by atoms with Crippen molar-refractivity contribution in [3.05, 3.63) is 28.2 Å². The predicted molar refractivity (Wildman–Crippen MR) is 68.6 cm³/mol. The summed E-state index contributed by atoms with van der Waals surface area (Å²) in [5.74, 6) is 0.262. The van der Waals surface area contributed by atoms with Crippen molar-refractivity contribution in [2.24, 2.45) is 5.92 Å². The Labute approximate surface area is 109 Å². The van der Waals surface area contributed by atoms with E-state index in [4.69, 9.17) is 9.84 Å². The van der Waals surface area contributed by atoms with Gasteiger partial charge < -0.3 is 9.84 Å². The van der Waals surface area contributed by atoms with Crippen LogP contribution in [0, 0.1) is 5.92 Å². The molecule has 1 saturated carbocycles. The maximum atomic E-state index is 11.1. The molecule has 0 atom stereocenters. The summed E-state index contributed by atoms with van der Waals surface area (Å²) in [5.41, 5.74) is 0.209. The van der Waals surface area contributed by atoms with E-state index >= 15 is 0 Å². The van der Waals surface area contributed by atoms with Gasteiger partial charge in [0.15, 0.2) is 0 Å². The number of hydrogen-bond acceptors (Lipinski definition) is 2. The molecule has 0 bridgehead atoms. The number of rotatable bonds is 5. The molecule has 0 radical (unpaired) electrons. The van der Waals surface area contributed by atoms with Gasteiger partial charge in [-0.15, -0.1) is 0 Å². The smallest absolute Gasteiger partial charge is 0.340 e. The van der Waals surface area contributed by atoms with Crippen molar-refractivity contribution >= 4 is 21.9 Å². The fraction of sp³-hybridized carbons (Fsp3) is 0.462. The van der Waals surface area contributed by atoms with Gasteiger partial charge in [0.05, 0.1) is 6.61 Å². The molecule has 0 saturated heterocycles. The highest BCUT2D eigenvalue weighted by Crippen LogP contribution is 2.31. The second kappa shape index (κ2) is 5.54. The van der Waals surface area contributed by atoms with Crippen LogP contribution in [-0.2, 0) is 0 Å². The predicted octanol–water partition coefficient (Wildman–Crippen LogP) is 3.72. The van der Waals surface area contributed by atoms with E-state index in [0.29, 0.717) is 16.8 Å². The quantitative estimate of drug-likeness (QED) is 0.901. The number of halogens is 1. The molecule has 1 aliphatic carbocycles. The normalized spacial score (nSPS) is 15.4. The molecule has 1 N–H and O–H groups in total. The molecule has 2 rings (SSSR count). The highest BCUT2D eigenvalue weighted by atomic mass is 79.9. The first kappa shape index (κ1) is 12.4. The molecular weight excluding hydrogens is 284 g/mol. The van der Waals surface area contributed by atoms with E-state index in [1.165, 1.54) is 19.3 Å². The van der Waals surface area contributed by atoms with Crippen LogP contribution in [0.5, 0.6) is 5.75 Å². The Morgan fingerprint density at radius 1 is 1.47 bits per heavy atom. The lowest BCUT2D eigenvalue weighted by Gasteiger charge is -2.25. The van der Waals surface area contributed by atoms with Gasteiger partial charge in [-0.25, -0.2) is 4.79 Å². The zero-order valence-corrected chi connectivity index (χ0v) is 11.1. The van der Waals surface area contributed by atoms with Crippen LogP contribution in [0.15, 0.2) is 22.7 Å². The molecule has 0 amide bonds. The van der Waals surface area contributed by atoms with E-state index in [-0.39, 0.29) is 5.56 Å². The molecular formula is C13H15BrO3. The van der Waals surface area contributed by atoms with E-state index < -0.39 is 5.97 Å². The van der Waals surface area contributed by atoms with Crippen molar-refractivity contribution < 1.29 is 14.6 Å². The van der Waals surface area contributed by atoms with Crippen molar-refractivity contribution in [2.45, 2.75) is 25.7 Å². The van der Waals surface area contributed by atoms with Gasteiger partial charge in [-0.3, -0.25) is 0 Å². The molecule has 1 aromatic carbocycles. The molecule has 0 aromatic heterocycles. The molecule has 92 valence electrons. The third-order valence-corrected chi connectivity index (χ3v) is 3.86. The minimum absolute atomic E-state index is 0.209. The lowest BCUT2D eigenvalue weighted by molar-refractivity contribution is 0.0690. The van der Waals surface area contributed by atoms with Gasteiger partial charge in [0, 0.05) is 4.47 Å². The van der Waals surface area contributed by atoms with Crippen LogP contribution in [0.25, 0.3) is 0 Å². The van der Waals surface area contributed by atoms with Crippen molar-refractivity contribution in [2.75, 3.05) is 6.61 Å². The number of carboxylic acids is 1. The van der Waals surface area contributed by atoms with Gasteiger partial charge in [0.1, 0.15) is 11.3 Å². The second-order valence-corrected chi connectivity index (χ2v) is 5.21. The summed E-state index contributed by atoms with van der Waals surface area (Å²) in [6.45, 7) is 0.599. The van der Waals surface area contributed by atoms with Gasteiger partial charge in [0.25, 0.3) is 0 Å². The Balaban J connectivity index is 1.98. The first-order chi connectivity index (χ1) is 8.18. The molecule has 1 aromatic rings. The summed E-state index contributed by atoms with van der Waals surface area (Å²) in [6.07, 6.45) is 4.91. The minimum atomic E-state index is -0.962. The van der Waals surface area contributed by atoms with Crippen molar-refractivity contribution in [3.8, 4) is 5.75 Å². The van der Waals surface area contributed by atoms with E-state index in [1.807, 2.05) is 0 Å². The van der Waals surface area contributed by atoms with Crippen molar-refractivity contribution in [1.82, 2.24) is 0 Å². The van der Waals surface area contributed by atoms with E-state index in [9.17, 15) is 4.79 Å². The Hall–Kier alpha value is -1.03. The summed E-state index contributed by atoms with van der Waals surface area (Å²) in [6, 6.07) is 5.20. The Morgan fingerprint density at radius 3 is 2.82 bits per heavy atom. The van der Waals surface area contributed by atoms with E-state index in [0.717, 1.165) is 12.3 Å². The molecule has 1 aliphatic rings. The summed E-state index contributed by atoms with van der Waals surface area (Å²) in [5, 5.41) is 9.10. The fourth-order valence-corrected chi connectivity index (χ4v) is 2.47. The molecule has 1 fully saturated rings. The summed E-state index contributed by atoms with van der Waals surface area (Å²) in [7, 11) is 0. The third kappa shape index (κ3) is 3.00. The minimum Gasteiger partial charge on any atom is -0.493 e. The number of ether oxygens (including phenoxy) is 1. The summed E-state index contributed by atoms with van der Waals surface area (Å²) >= 11 is 3.23. The largest absolute Gasteiger partial charge is 0.493 e. The highest BCUT2D eigenvalue weighted by molar-refractivity contribution is 9.10. The lowest BCUT2D eigenvalue weighted by atomic mass is 9.83. The van der Waals surface area contributed by atoms with Crippen LogP contribution in [0.2, 0.25) is 0 Å². The number of aromatic carboxylic acids is 1. The average Bonchev–Trinajstić information content (AvgIpc) is 2.21. The fourth-order valence-electron chi connectivity index (χ4n) is 1.95. The van der Waals surface area contributed by atoms with Gasteiger partial charge in [-0.1, -0.05) is 25.3 Å².